The number of methoxy groups -OCH3 is 1. The summed E-state index contributed by atoms with van der Waals surface area (Å²) in [6.45, 7) is 0. The normalized spacial score (nSPS) is 11.8. The molecule has 1 atom stereocenters. The van der Waals surface area contributed by atoms with Gasteiger partial charge in [-0.2, -0.15) is 0 Å². The molecule has 0 unspecified atom stereocenters. The van der Waals surface area contributed by atoms with Gasteiger partial charge in [0.25, 0.3) is 0 Å². The molecule has 0 aliphatic heterocycles. The number of amides is 1. The second-order valence-corrected chi connectivity index (χ2v) is 7.22. The zero-order chi connectivity index (χ0) is 20.1. The van der Waals surface area contributed by atoms with Crippen molar-refractivity contribution in [1.82, 2.24) is 5.32 Å². The monoisotopic (exact) mass is 415 g/mol. The van der Waals surface area contributed by atoms with Gasteiger partial charge in [0.15, 0.2) is 0 Å². The van der Waals surface area contributed by atoms with Crippen LogP contribution in [0.1, 0.15) is 11.1 Å². The van der Waals surface area contributed by atoms with E-state index in [4.69, 9.17) is 27.9 Å². The number of halogens is 2. The molecule has 6 heteroatoms. The molecule has 3 aromatic rings. The quantitative estimate of drug-likeness (QED) is 0.598. The lowest BCUT2D eigenvalue weighted by atomic mass is 10.0. The average molecular weight is 416 g/mol. The van der Waals surface area contributed by atoms with Gasteiger partial charge < -0.3 is 10.1 Å². The van der Waals surface area contributed by atoms with Crippen LogP contribution >= 0.6 is 23.2 Å². The van der Waals surface area contributed by atoms with Crippen molar-refractivity contribution in [3.8, 4) is 0 Å². The summed E-state index contributed by atoms with van der Waals surface area (Å²) >= 11 is 12.4. The minimum Gasteiger partial charge on any atom is -0.467 e. The number of carbonyl (C=O) groups is 2. The van der Waals surface area contributed by atoms with Gasteiger partial charge in [-0.3, -0.25) is 4.79 Å². The smallest absolute Gasteiger partial charge is 0.328 e. The lowest BCUT2D eigenvalue weighted by Gasteiger charge is -2.18. The number of benzene rings is 3. The summed E-state index contributed by atoms with van der Waals surface area (Å²) in [5.41, 5.74) is 1.45. The van der Waals surface area contributed by atoms with Crippen LogP contribution in [0.25, 0.3) is 10.8 Å². The molecule has 0 spiro atoms. The molecule has 28 heavy (non-hydrogen) atoms. The zero-order valence-corrected chi connectivity index (χ0v) is 16.8. The van der Waals surface area contributed by atoms with Crippen LogP contribution in [0.4, 0.5) is 0 Å². The van der Waals surface area contributed by atoms with E-state index in [0.717, 1.165) is 16.3 Å². The van der Waals surface area contributed by atoms with Gasteiger partial charge in [0.05, 0.1) is 13.5 Å². The Morgan fingerprint density at radius 3 is 2.32 bits per heavy atom. The number of esters is 1. The van der Waals surface area contributed by atoms with Gasteiger partial charge in [-0.15, -0.1) is 0 Å². The summed E-state index contributed by atoms with van der Waals surface area (Å²) in [6, 6.07) is 18.0. The van der Waals surface area contributed by atoms with E-state index in [9.17, 15) is 9.59 Å². The molecule has 0 aromatic heterocycles. The van der Waals surface area contributed by atoms with E-state index in [1.165, 1.54) is 7.11 Å². The SMILES string of the molecule is COC(=O)[C@H](Cc1c(Cl)cccc1Cl)NC(=O)Cc1ccc2ccccc2c1. The van der Waals surface area contributed by atoms with Crippen molar-refractivity contribution in [2.75, 3.05) is 7.11 Å². The Balaban J connectivity index is 1.74. The maximum Gasteiger partial charge on any atom is 0.328 e. The lowest BCUT2D eigenvalue weighted by Crippen LogP contribution is -2.43. The van der Waals surface area contributed by atoms with Gasteiger partial charge in [-0.1, -0.05) is 71.7 Å². The van der Waals surface area contributed by atoms with Gasteiger partial charge in [-0.05, 0) is 34.0 Å². The fraction of sp³-hybridized carbons (Fsp3) is 0.182. The third-order valence-electron chi connectivity index (χ3n) is 4.47. The van der Waals surface area contributed by atoms with Crippen LogP contribution in [-0.2, 0) is 27.2 Å². The summed E-state index contributed by atoms with van der Waals surface area (Å²) in [5.74, 6) is -0.836. The van der Waals surface area contributed by atoms with E-state index in [2.05, 4.69) is 5.32 Å². The second kappa shape index (κ2) is 9.09. The van der Waals surface area contributed by atoms with Crippen LogP contribution in [0.3, 0.4) is 0 Å². The van der Waals surface area contributed by atoms with E-state index < -0.39 is 12.0 Å². The first-order valence-electron chi connectivity index (χ1n) is 8.75. The molecule has 1 N–H and O–H groups in total. The van der Waals surface area contributed by atoms with Crippen molar-refractivity contribution in [3.63, 3.8) is 0 Å². The molecule has 1 amide bonds. The molecule has 0 heterocycles. The third kappa shape index (κ3) is 4.83. The zero-order valence-electron chi connectivity index (χ0n) is 15.2. The van der Waals surface area contributed by atoms with Crippen LogP contribution < -0.4 is 5.32 Å². The molecule has 0 aliphatic rings. The molecule has 0 radical (unpaired) electrons. The molecule has 0 saturated carbocycles. The van der Waals surface area contributed by atoms with Crippen LogP contribution in [0.5, 0.6) is 0 Å². The molecule has 0 aliphatic carbocycles. The second-order valence-electron chi connectivity index (χ2n) is 6.41. The number of carbonyl (C=O) groups excluding carboxylic acids is 2. The van der Waals surface area contributed by atoms with Gasteiger partial charge in [0.1, 0.15) is 6.04 Å². The minimum atomic E-state index is -0.879. The number of ether oxygens (including phenoxy) is 1. The number of hydrogen-bond acceptors (Lipinski definition) is 3. The highest BCUT2D eigenvalue weighted by Gasteiger charge is 2.24. The molecule has 0 saturated heterocycles. The lowest BCUT2D eigenvalue weighted by molar-refractivity contribution is -0.145. The van der Waals surface area contributed by atoms with Crippen molar-refractivity contribution in [1.29, 1.82) is 0 Å². The van der Waals surface area contributed by atoms with Crippen molar-refractivity contribution >= 4 is 45.9 Å². The largest absolute Gasteiger partial charge is 0.467 e. The van der Waals surface area contributed by atoms with Gasteiger partial charge >= 0.3 is 5.97 Å². The van der Waals surface area contributed by atoms with Crippen LogP contribution in [0.2, 0.25) is 10.0 Å². The Morgan fingerprint density at radius 1 is 0.964 bits per heavy atom. The topological polar surface area (TPSA) is 55.4 Å². The Labute approximate surface area is 173 Å². The Hall–Kier alpha value is -2.56. The Morgan fingerprint density at radius 2 is 1.64 bits per heavy atom. The van der Waals surface area contributed by atoms with Crippen LogP contribution in [0.15, 0.2) is 60.7 Å². The summed E-state index contributed by atoms with van der Waals surface area (Å²) in [5, 5.41) is 5.77. The summed E-state index contributed by atoms with van der Waals surface area (Å²) in [4.78, 5) is 24.7. The number of rotatable bonds is 6. The van der Waals surface area contributed by atoms with Gasteiger partial charge in [-0.25, -0.2) is 4.79 Å². The van der Waals surface area contributed by atoms with E-state index in [1.807, 2.05) is 42.5 Å². The number of fused-ring (bicyclic) bond motifs is 1. The molecule has 0 bridgehead atoms. The summed E-state index contributed by atoms with van der Waals surface area (Å²) in [7, 11) is 1.28. The fourth-order valence-corrected chi connectivity index (χ4v) is 3.60. The maximum atomic E-state index is 12.6. The van der Waals surface area contributed by atoms with Crippen molar-refractivity contribution < 1.29 is 14.3 Å². The highest BCUT2D eigenvalue weighted by molar-refractivity contribution is 6.36. The fourth-order valence-electron chi connectivity index (χ4n) is 3.05. The first-order valence-corrected chi connectivity index (χ1v) is 9.51. The summed E-state index contributed by atoms with van der Waals surface area (Å²) < 4.78 is 4.83. The Kier molecular flexibility index (Phi) is 6.55. The van der Waals surface area contributed by atoms with E-state index in [-0.39, 0.29) is 18.7 Å². The maximum absolute atomic E-state index is 12.6. The molecule has 4 nitrogen and oxygen atoms in total. The molecular weight excluding hydrogens is 397 g/mol. The number of nitrogens with one attached hydrogen (secondary N) is 1. The van der Waals surface area contributed by atoms with E-state index in [1.54, 1.807) is 18.2 Å². The Bertz CT molecular complexity index is 999. The molecule has 0 fully saturated rings. The van der Waals surface area contributed by atoms with Gasteiger partial charge in [0.2, 0.25) is 5.91 Å². The first-order chi connectivity index (χ1) is 13.5. The summed E-state index contributed by atoms with van der Waals surface area (Å²) in [6.07, 6.45) is 0.295. The average Bonchev–Trinajstić information content (AvgIpc) is 2.69. The molecule has 3 rings (SSSR count). The van der Waals surface area contributed by atoms with Gasteiger partial charge in [0, 0.05) is 16.5 Å². The molecule has 144 valence electrons. The van der Waals surface area contributed by atoms with E-state index >= 15 is 0 Å². The number of hydrogen-bond donors (Lipinski definition) is 1. The molecular formula is C22H19Cl2NO3. The predicted molar refractivity (Wildman–Crippen MR) is 112 cm³/mol. The third-order valence-corrected chi connectivity index (χ3v) is 5.18. The van der Waals surface area contributed by atoms with Crippen LogP contribution in [0, 0.1) is 0 Å². The molecule has 3 aromatic carbocycles. The highest BCUT2D eigenvalue weighted by Crippen LogP contribution is 2.26. The highest BCUT2D eigenvalue weighted by atomic mass is 35.5. The standard InChI is InChI=1S/C22H19Cl2NO3/c1-28-22(27)20(13-17-18(23)7-4-8-19(17)24)25-21(26)12-14-9-10-15-5-2-3-6-16(15)11-14/h2-11,20H,12-13H2,1H3,(H,25,26)/t20-/m0/s1. The van der Waals surface area contributed by atoms with E-state index in [0.29, 0.717) is 15.6 Å². The van der Waals surface area contributed by atoms with Crippen molar-refractivity contribution in [2.45, 2.75) is 18.9 Å². The van der Waals surface area contributed by atoms with Crippen molar-refractivity contribution in [2.24, 2.45) is 0 Å². The van der Waals surface area contributed by atoms with Crippen LogP contribution in [-0.4, -0.2) is 25.0 Å². The predicted octanol–water partition coefficient (Wildman–Crippen LogP) is 4.59. The minimum absolute atomic E-state index is 0.147. The first kappa shape index (κ1) is 20.2. The van der Waals surface area contributed by atoms with Crippen molar-refractivity contribution in [3.05, 3.63) is 81.8 Å².